The number of furan rings is 1. The molecule has 2 aromatic heterocycles. The van der Waals surface area contributed by atoms with Gasteiger partial charge in [0, 0.05) is 13.6 Å². The summed E-state index contributed by atoms with van der Waals surface area (Å²) in [7, 11) is -2.15. The van der Waals surface area contributed by atoms with Crippen molar-refractivity contribution in [3.8, 4) is 0 Å². The molecule has 3 N–H and O–H groups in total. The van der Waals surface area contributed by atoms with Crippen LogP contribution in [0.3, 0.4) is 0 Å². The highest BCUT2D eigenvalue weighted by atomic mass is 32.2. The molecule has 0 aliphatic heterocycles. The van der Waals surface area contributed by atoms with E-state index in [0.717, 1.165) is 0 Å². The molecule has 0 saturated carbocycles. The number of sulfonamides is 1. The topological polar surface area (TPSA) is 105 Å². The fourth-order valence-electron chi connectivity index (χ4n) is 1.81. The Morgan fingerprint density at radius 3 is 2.84 bits per heavy atom. The molecule has 2 rings (SSSR count). The lowest BCUT2D eigenvalue weighted by Crippen LogP contribution is -2.27. The lowest BCUT2D eigenvalue weighted by molar-refractivity contribution is 0.406. The number of nitrogens with one attached hydrogen (secondary N) is 1. The summed E-state index contributed by atoms with van der Waals surface area (Å²) in [6.45, 7) is 1.87. The third-order valence-corrected chi connectivity index (χ3v) is 4.79. The number of rotatable bonds is 5. The lowest BCUT2D eigenvalue weighted by atomic mass is 10.4. The van der Waals surface area contributed by atoms with Crippen molar-refractivity contribution in [2.24, 2.45) is 5.73 Å². The van der Waals surface area contributed by atoms with Gasteiger partial charge in [-0.1, -0.05) is 0 Å². The fraction of sp³-hybridized carbons (Fsp3) is 0.364. The van der Waals surface area contributed by atoms with Gasteiger partial charge in [0.2, 0.25) is 10.0 Å². The first-order chi connectivity index (χ1) is 8.96. The highest BCUT2D eigenvalue weighted by Gasteiger charge is 2.28. The number of nitrogens with two attached hydrogens (primary N) is 1. The van der Waals surface area contributed by atoms with Gasteiger partial charge in [0.05, 0.1) is 24.2 Å². The minimum absolute atomic E-state index is 0.0630. The van der Waals surface area contributed by atoms with Crippen molar-refractivity contribution in [1.29, 1.82) is 0 Å². The van der Waals surface area contributed by atoms with Crippen LogP contribution in [-0.4, -0.2) is 30.0 Å². The summed E-state index contributed by atoms with van der Waals surface area (Å²) in [5, 5.41) is 6.55. The van der Waals surface area contributed by atoms with Gasteiger partial charge in [-0.3, -0.25) is 5.10 Å². The average Bonchev–Trinajstić information content (AvgIpc) is 2.98. The molecule has 2 aromatic rings. The van der Waals surface area contributed by atoms with E-state index in [1.165, 1.54) is 17.6 Å². The summed E-state index contributed by atoms with van der Waals surface area (Å²) in [5.41, 5.74) is 6.33. The summed E-state index contributed by atoms with van der Waals surface area (Å²) in [6.07, 6.45) is 1.50. The molecule has 19 heavy (non-hydrogen) atoms. The van der Waals surface area contributed by atoms with Gasteiger partial charge < -0.3 is 10.2 Å². The molecule has 0 atom stereocenters. The quantitative estimate of drug-likeness (QED) is 0.836. The molecule has 0 aromatic carbocycles. The molecule has 0 aliphatic rings. The molecule has 0 amide bonds. The first kappa shape index (κ1) is 13.8. The maximum atomic E-state index is 12.5. The van der Waals surface area contributed by atoms with Crippen LogP contribution < -0.4 is 5.73 Å². The van der Waals surface area contributed by atoms with Crippen molar-refractivity contribution in [1.82, 2.24) is 14.5 Å². The number of aromatic nitrogens is 2. The van der Waals surface area contributed by atoms with Gasteiger partial charge in [0.15, 0.2) is 0 Å². The smallest absolute Gasteiger partial charge is 0.246 e. The molecule has 0 radical (unpaired) electrons. The van der Waals surface area contributed by atoms with Crippen LogP contribution in [-0.2, 0) is 23.1 Å². The van der Waals surface area contributed by atoms with E-state index >= 15 is 0 Å². The van der Waals surface area contributed by atoms with Crippen LogP contribution in [0.4, 0.5) is 0 Å². The monoisotopic (exact) mass is 284 g/mol. The largest absolute Gasteiger partial charge is 0.468 e. The standard InChI is InChI=1S/C11H16N4O3S/c1-8-11(10(6-12)14-13-8)19(16,17)15(2)7-9-4-3-5-18-9/h3-5H,6-7,12H2,1-2H3,(H,13,14). The van der Waals surface area contributed by atoms with Crippen LogP contribution in [0.5, 0.6) is 0 Å². The molecule has 0 saturated heterocycles. The molecule has 104 valence electrons. The maximum Gasteiger partial charge on any atom is 0.246 e. The number of H-pyrrole nitrogens is 1. The second kappa shape index (κ2) is 5.16. The number of hydrogen-bond acceptors (Lipinski definition) is 5. The second-order valence-electron chi connectivity index (χ2n) is 4.17. The highest BCUT2D eigenvalue weighted by molar-refractivity contribution is 7.89. The predicted molar refractivity (Wildman–Crippen MR) is 68.6 cm³/mol. The van der Waals surface area contributed by atoms with Crippen LogP contribution in [0, 0.1) is 6.92 Å². The van der Waals surface area contributed by atoms with Gasteiger partial charge in [-0.15, -0.1) is 0 Å². The number of nitrogens with zero attached hydrogens (tertiary/aromatic N) is 2. The third-order valence-electron chi connectivity index (χ3n) is 2.78. The van der Waals surface area contributed by atoms with Gasteiger partial charge in [0.25, 0.3) is 0 Å². The normalized spacial score (nSPS) is 12.2. The third kappa shape index (κ3) is 2.55. The summed E-state index contributed by atoms with van der Waals surface area (Å²) in [4.78, 5) is 0.143. The van der Waals surface area contributed by atoms with E-state index in [2.05, 4.69) is 10.2 Å². The van der Waals surface area contributed by atoms with E-state index in [1.54, 1.807) is 19.1 Å². The molecule has 0 bridgehead atoms. The van der Waals surface area contributed by atoms with Crippen molar-refractivity contribution in [2.45, 2.75) is 24.9 Å². The van der Waals surface area contributed by atoms with E-state index in [0.29, 0.717) is 17.1 Å². The Hall–Kier alpha value is -1.64. The van der Waals surface area contributed by atoms with Crippen LogP contribution in [0.25, 0.3) is 0 Å². The maximum absolute atomic E-state index is 12.5. The minimum Gasteiger partial charge on any atom is -0.468 e. The van der Waals surface area contributed by atoms with Crippen molar-refractivity contribution in [3.05, 3.63) is 35.5 Å². The van der Waals surface area contributed by atoms with Crippen LogP contribution in [0.15, 0.2) is 27.7 Å². The van der Waals surface area contributed by atoms with Gasteiger partial charge in [-0.25, -0.2) is 8.42 Å². The van der Waals surface area contributed by atoms with E-state index < -0.39 is 10.0 Å². The second-order valence-corrected chi connectivity index (χ2v) is 6.15. The molecule has 0 spiro atoms. The summed E-state index contributed by atoms with van der Waals surface area (Å²) in [6, 6.07) is 3.43. The van der Waals surface area contributed by atoms with Crippen molar-refractivity contribution in [2.75, 3.05) is 7.05 Å². The number of aromatic amines is 1. The molecular weight excluding hydrogens is 268 g/mol. The summed E-state index contributed by atoms with van der Waals surface area (Å²) < 4.78 is 31.3. The highest BCUT2D eigenvalue weighted by Crippen LogP contribution is 2.22. The van der Waals surface area contributed by atoms with Crippen LogP contribution >= 0.6 is 0 Å². The zero-order valence-electron chi connectivity index (χ0n) is 10.8. The lowest BCUT2D eigenvalue weighted by Gasteiger charge is -2.16. The van der Waals surface area contributed by atoms with Crippen LogP contribution in [0.1, 0.15) is 17.1 Å². The van der Waals surface area contributed by atoms with Gasteiger partial charge in [-0.05, 0) is 19.1 Å². The van der Waals surface area contributed by atoms with Crippen molar-refractivity contribution >= 4 is 10.0 Å². The van der Waals surface area contributed by atoms with Gasteiger partial charge >= 0.3 is 0 Å². The zero-order valence-corrected chi connectivity index (χ0v) is 11.6. The molecule has 0 fully saturated rings. The fourth-order valence-corrected chi connectivity index (χ4v) is 3.28. The molecule has 7 nitrogen and oxygen atoms in total. The summed E-state index contributed by atoms with van der Waals surface area (Å²) in [5.74, 6) is 0.571. The Balaban J connectivity index is 2.33. The zero-order chi connectivity index (χ0) is 14.0. The van der Waals surface area contributed by atoms with Gasteiger partial charge in [-0.2, -0.15) is 9.40 Å². The molecular formula is C11H16N4O3S. The van der Waals surface area contributed by atoms with E-state index in [1.807, 2.05) is 0 Å². The SMILES string of the molecule is Cc1[nH]nc(CN)c1S(=O)(=O)N(C)Cc1ccco1. The summed E-state index contributed by atoms with van der Waals surface area (Å²) >= 11 is 0. The molecule has 0 unspecified atom stereocenters. The number of hydrogen-bond donors (Lipinski definition) is 2. The minimum atomic E-state index is -3.65. The Morgan fingerprint density at radius 2 is 2.26 bits per heavy atom. The molecule has 2 heterocycles. The average molecular weight is 284 g/mol. The first-order valence-corrected chi connectivity index (χ1v) is 7.13. The Morgan fingerprint density at radius 1 is 1.53 bits per heavy atom. The number of aryl methyl sites for hydroxylation is 1. The predicted octanol–water partition coefficient (Wildman–Crippen LogP) is 0.591. The molecule has 0 aliphatic carbocycles. The van der Waals surface area contributed by atoms with Crippen molar-refractivity contribution in [3.63, 3.8) is 0 Å². The Kier molecular flexibility index (Phi) is 3.74. The molecule has 8 heteroatoms. The van der Waals surface area contributed by atoms with Crippen LogP contribution in [0.2, 0.25) is 0 Å². The van der Waals surface area contributed by atoms with Gasteiger partial charge in [0.1, 0.15) is 10.7 Å². The Labute approximate surface area is 111 Å². The van der Waals surface area contributed by atoms with E-state index in [4.69, 9.17) is 10.2 Å². The van der Waals surface area contributed by atoms with E-state index in [-0.39, 0.29) is 18.0 Å². The van der Waals surface area contributed by atoms with E-state index in [9.17, 15) is 8.42 Å². The first-order valence-electron chi connectivity index (χ1n) is 5.69. The van der Waals surface area contributed by atoms with Crippen molar-refractivity contribution < 1.29 is 12.8 Å². The Bertz CT molecular complexity index is 646.